The third kappa shape index (κ3) is 5.55. The van der Waals surface area contributed by atoms with Gasteiger partial charge in [0.2, 0.25) is 0 Å². The van der Waals surface area contributed by atoms with Gasteiger partial charge in [0.15, 0.2) is 0 Å². The fourth-order valence-electron chi connectivity index (χ4n) is 2.29. The van der Waals surface area contributed by atoms with E-state index in [-0.39, 0.29) is 0 Å². The van der Waals surface area contributed by atoms with Crippen molar-refractivity contribution in [1.82, 2.24) is 5.32 Å². The molecule has 0 saturated heterocycles. The second-order valence-electron chi connectivity index (χ2n) is 5.39. The Morgan fingerprint density at radius 3 is 2.47 bits per heavy atom. The molecule has 0 heterocycles. The first kappa shape index (κ1) is 13.0. The standard InChI is InChI=1S/C14H29N/c1-4-6-7-13(5-2)11-15-10-12(3)14-8-9-14/h12-15H,4-11H2,1-3H3. The van der Waals surface area contributed by atoms with E-state index in [1.807, 2.05) is 0 Å². The molecular formula is C14H29N. The third-order valence-electron chi connectivity index (χ3n) is 3.87. The highest BCUT2D eigenvalue weighted by molar-refractivity contribution is 4.80. The normalized spacial score (nSPS) is 20.2. The molecule has 2 unspecified atom stereocenters. The Balaban J connectivity index is 1.99. The van der Waals surface area contributed by atoms with Gasteiger partial charge in [-0.15, -0.1) is 0 Å². The van der Waals surface area contributed by atoms with Crippen LogP contribution >= 0.6 is 0 Å². The summed E-state index contributed by atoms with van der Waals surface area (Å²) in [5, 5.41) is 3.67. The van der Waals surface area contributed by atoms with Crippen molar-refractivity contribution in [3.8, 4) is 0 Å². The maximum Gasteiger partial charge on any atom is -0.00204 e. The Morgan fingerprint density at radius 1 is 1.20 bits per heavy atom. The molecule has 0 amide bonds. The van der Waals surface area contributed by atoms with E-state index in [0.29, 0.717) is 0 Å². The van der Waals surface area contributed by atoms with Crippen LogP contribution in [0.5, 0.6) is 0 Å². The summed E-state index contributed by atoms with van der Waals surface area (Å²) in [6, 6.07) is 0. The first-order valence-electron chi connectivity index (χ1n) is 6.98. The van der Waals surface area contributed by atoms with Crippen LogP contribution in [0, 0.1) is 17.8 Å². The number of hydrogen-bond donors (Lipinski definition) is 1. The van der Waals surface area contributed by atoms with Crippen LogP contribution in [0.4, 0.5) is 0 Å². The largest absolute Gasteiger partial charge is 0.316 e. The van der Waals surface area contributed by atoms with Gasteiger partial charge in [-0.1, -0.05) is 40.0 Å². The van der Waals surface area contributed by atoms with E-state index >= 15 is 0 Å². The fourth-order valence-corrected chi connectivity index (χ4v) is 2.29. The Morgan fingerprint density at radius 2 is 1.93 bits per heavy atom. The molecule has 90 valence electrons. The zero-order valence-electron chi connectivity index (χ0n) is 10.9. The molecule has 1 fully saturated rings. The molecule has 1 aliphatic carbocycles. The number of unbranched alkanes of at least 4 members (excludes halogenated alkanes) is 1. The molecule has 1 rings (SSSR count). The summed E-state index contributed by atoms with van der Waals surface area (Å²) in [6.45, 7) is 9.50. The second kappa shape index (κ2) is 7.27. The highest BCUT2D eigenvalue weighted by atomic mass is 14.9. The predicted octanol–water partition coefficient (Wildman–Crippen LogP) is 3.84. The highest BCUT2D eigenvalue weighted by Gasteiger charge is 2.27. The second-order valence-corrected chi connectivity index (χ2v) is 5.39. The summed E-state index contributed by atoms with van der Waals surface area (Å²) in [7, 11) is 0. The van der Waals surface area contributed by atoms with E-state index < -0.39 is 0 Å². The third-order valence-corrected chi connectivity index (χ3v) is 3.87. The zero-order chi connectivity index (χ0) is 11.1. The minimum atomic E-state index is 0.911. The molecule has 0 radical (unpaired) electrons. The molecule has 0 aromatic carbocycles. The van der Waals surface area contributed by atoms with Crippen molar-refractivity contribution in [2.45, 2.75) is 59.3 Å². The molecule has 1 saturated carbocycles. The van der Waals surface area contributed by atoms with E-state index in [4.69, 9.17) is 0 Å². The minimum absolute atomic E-state index is 0.911. The topological polar surface area (TPSA) is 12.0 Å². The van der Waals surface area contributed by atoms with Crippen LogP contribution in [0.3, 0.4) is 0 Å². The van der Waals surface area contributed by atoms with Gasteiger partial charge < -0.3 is 5.32 Å². The predicted molar refractivity (Wildman–Crippen MR) is 68.1 cm³/mol. The van der Waals surface area contributed by atoms with Gasteiger partial charge in [0.05, 0.1) is 0 Å². The monoisotopic (exact) mass is 211 g/mol. The molecule has 15 heavy (non-hydrogen) atoms. The van der Waals surface area contributed by atoms with Crippen LogP contribution in [0.15, 0.2) is 0 Å². The van der Waals surface area contributed by atoms with Crippen molar-refractivity contribution in [2.75, 3.05) is 13.1 Å². The summed E-state index contributed by atoms with van der Waals surface area (Å²) < 4.78 is 0. The van der Waals surface area contributed by atoms with Gasteiger partial charge in [0.25, 0.3) is 0 Å². The van der Waals surface area contributed by atoms with Crippen molar-refractivity contribution in [3.63, 3.8) is 0 Å². The van der Waals surface area contributed by atoms with Gasteiger partial charge in [-0.25, -0.2) is 0 Å². The SMILES string of the molecule is CCCCC(CC)CNCC(C)C1CC1. The molecule has 0 bridgehead atoms. The summed E-state index contributed by atoms with van der Waals surface area (Å²) in [5.41, 5.74) is 0. The van der Waals surface area contributed by atoms with Gasteiger partial charge in [-0.05, 0) is 50.1 Å². The quantitative estimate of drug-likeness (QED) is 0.611. The maximum absolute atomic E-state index is 3.67. The van der Waals surface area contributed by atoms with Crippen molar-refractivity contribution in [2.24, 2.45) is 17.8 Å². The van der Waals surface area contributed by atoms with Crippen LogP contribution in [-0.4, -0.2) is 13.1 Å². The molecule has 0 aromatic heterocycles. The first-order valence-corrected chi connectivity index (χ1v) is 6.98. The summed E-state index contributed by atoms with van der Waals surface area (Å²) >= 11 is 0. The van der Waals surface area contributed by atoms with Crippen molar-refractivity contribution < 1.29 is 0 Å². The highest BCUT2D eigenvalue weighted by Crippen LogP contribution is 2.36. The van der Waals surface area contributed by atoms with Crippen LogP contribution in [0.2, 0.25) is 0 Å². The molecule has 1 aliphatic rings. The molecule has 0 aliphatic heterocycles. The minimum Gasteiger partial charge on any atom is -0.316 e. The fraction of sp³-hybridized carbons (Fsp3) is 1.00. The molecule has 0 spiro atoms. The number of nitrogens with one attached hydrogen (secondary N) is 1. The van der Waals surface area contributed by atoms with Gasteiger partial charge in [0.1, 0.15) is 0 Å². The molecule has 1 heteroatoms. The van der Waals surface area contributed by atoms with Gasteiger partial charge >= 0.3 is 0 Å². The Labute approximate surface area is 96.0 Å². The van der Waals surface area contributed by atoms with Gasteiger partial charge in [-0.2, -0.15) is 0 Å². The smallest absolute Gasteiger partial charge is 0.00204 e. The van der Waals surface area contributed by atoms with E-state index in [1.54, 1.807) is 0 Å². The lowest BCUT2D eigenvalue weighted by Gasteiger charge is -2.17. The molecule has 1 N–H and O–H groups in total. The van der Waals surface area contributed by atoms with Crippen LogP contribution in [0.25, 0.3) is 0 Å². The van der Waals surface area contributed by atoms with E-state index in [0.717, 1.165) is 17.8 Å². The van der Waals surface area contributed by atoms with Gasteiger partial charge in [0, 0.05) is 0 Å². The zero-order valence-corrected chi connectivity index (χ0v) is 10.9. The van der Waals surface area contributed by atoms with Crippen molar-refractivity contribution >= 4 is 0 Å². The average Bonchev–Trinajstić information content (AvgIpc) is 3.06. The Bertz CT molecular complexity index is 151. The van der Waals surface area contributed by atoms with E-state index in [2.05, 4.69) is 26.1 Å². The van der Waals surface area contributed by atoms with Gasteiger partial charge in [-0.3, -0.25) is 0 Å². The summed E-state index contributed by atoms with van der Waals surface area (Å²) in [5.74, 6) is 2.87. The molecule has 2 atom stereocenters. The number of hydrogen-bond acceptors (Lipinski definition) is 1. The van der Waals surface area contributed by atoms with Crippen LogP contribution < -0.4 is 5.32 Å². The molecule has 1 nitrogen and oxygen atoms in total. The van der Waals surface area contributed by atoms with Crippen molar-refractivity contribution in [3.05, 3.63) is 0 Å². The van der Waals surface area contributed by atoms with Crippen LogP contribution in [-0.2, 0) is 0 Å². The summed E-state index contributed by atoms with van der Waals surface area (Å²) in [4.78, 5) is 0. The maximum atomic E-state index is 3.67. The lowest BCUT2D eigenvalue weighted by molar-refractivity contribution is 0.386. The molecule has 0 aromatic rings. The lowest BCUT2D eigenvalue weighted by atomic mass is 9.99. The number of rotatable bonds is 9. The summed E-state index contributed by atoms with van der Waals surface area (Å²) in [6.07, 6.45) is 8.46. The molecular weight excluding hydrogens is 182 g/mol. The van der Waals surface area contributed by atoms with Crippen molar-refractivity contribution in [1.29, 1.82) is 0 Å². The Hall–Kier alpha value is -0.0400. The first-order chi connectivity index (χ1) is 7.27. The Kier molecular flexibility index (Phi) is 6.31. The van der Waals surface area contributed by atoms with E-state index in [9.17, 15) is 0 Å². The van der Waals surface area contributed by atoms with Crippen LogP contribution in [0.1, 0.15) is 59.3 Å². The van der Waals surface area contributed by atoms with E-state index in [1.165, 1.54) is 51.6 Å². The average molecular weight is 211 g/mol. The lowest BCUT2D eigenvalue weighted by Crippen LogP contribution is -2.27.